The van der Waals surface area contributed by atoms with E-state index in [1.54, 1.807) is 30.3 Å². The maximum Gasteiger partial charge on any atom is 0.352 e. The third-order valence-corrected chi connectivity index (χ3v) is 3.94. The van der Waals surface area contributed by atoms with E-state index in [4.69, 9.17) is 0 Å². The molecule has 21 heavy (non-hydrogen) atoms. The second-order valence-electron chi connectivity index (χ2n) is 5.43. The number of amides is 1. The van der Waals surface area contributed by atoms with E-state index in [0.717, 1.165) is 0 Å². The largest absolute Gasteiger partial charge is 0.388 e. The number of carbonyl (C=O) groups is 1. The monoisotopic (exact) mass is 299 g/mol. The maximum atomic E-state index is 13.8. The van der Waals surface area contributed by atoms with Gasteiger partial charge in [-0.25, -0.2) is 0 Å². The fraction of sp³-hybridized carbons (Fsp3) is 0.533. The van der Waals surface area contributed by atoms with E-state index in [1.807, 2.05) is 0 Å². The molecule has 0 bridgehead atoms. The molecule has 1 aliphatic rings. The zero-order chi connectivity index (χ0) is 15.5. The number of benzene rings is 1. The van der Waals surface area contributed by atoms with Crippen molar-refractivity contribution in [2.75, 3.05) is 6.54 Å². The summed E-state index contributed by atoms with van der Waals surface area (Å²) in [5.41, 5.74) is -1.55. The molecule has 0 radical (unpaired) electrons. The number of aliphatic hydroxyl groups excluding tert-OH is 1. The minimum absolute atomic E-state index is 0.0694. The lowest BCUT2D eigenvalue weighted by atomic mass is 9.75. The number of aliphatic hydroxyl groups is 2. The van der Waals surface area contributed by atoms with Crippen LogP contribution in [0.15, 0.2) is 30.3 Å². The van der Waals surface area contributed by atoms with Gasteiger partial charge < -0.3 is 15.5 Å². The van der Waals surface area contributed by atoms with Gasteiger partial charge in [-0.3, -0.25) is 4.79 Å². The summed E-state index contributed by atoms with van der Waals surface area (Å²) in [6.07, 6.45) is -0.344. The highest BCUT2D eigenvalue weighted by atomic mass is 19.3. The summed E-state index contributed by atoms with van der Waals surface area (Å²) in [7, 11) is 0. The van der Waals surface area contributed by atoms with Gasteiger partial charge in [0.25, 0.3) is 5.91 Å². The first-order chi connectivity index (χ1) is 9.87. The molecule has 1 aliphatic carbocycles. The van der Waals surface area contributed by atoms with Crippen molar-refractivity contribution in [3.8, 4) is 0 Å². The molecule has 3 N–H and O–H groups in total. The molecule has 2 rings (SSSR count). The van der Waals surface area contributed by atoms with Crippen LogP contribution in [0.3, 0.4) is 0 Å². The fourth-order valence-corrected chi connectivity index (χ4v) is 2.31. The van der Waals surface area contributed by atoms with Crippen LogP contribution in [0.25, 0.3) is 0 Å². The standard InChI is InChI=1S/C15H19F2NO3/c16-15(17,14(21)8-4-9-14)13(20)18-10-7-12(19)11-5-2-1-3-6-11/h1-3,5-6,12,19,21H,4,7-10H2,(H,18,20). The number of hydrogen-bond acceptors (Lipinski definition) is 3. The molecule has 1 amide bonds. The summed E-state index contributed by atoms with van der Waals surface area (Å²) in [6, 6.07) is 8.77. The second-order valence-corrected chi connectivity index (χ2v) is 5.43. The number of alkyl halides is 2. The van der Waals surface area contributed by atoms with Gasteiger partial charge in [-0.1, -0.05) is 30.3 Å². The van der Waals surface area contributed by atoms with Crippen LogP contribution in [-0.2, 0) is 4.79 Å². The van der Waals surface area contributed by atoms with E-state index in [-0.39, 0.29) is 25.8 Å². The average Bonchev–Trinajstić information content (AvgIpc) is 2.45. The Balaban J connectivity index is 1.82. The molecule has 0 saturated heterocycles. The van der Waals surface area contributed by atoms with Gasteiger partial charge in [-0.15, -0.1) is 0 Å². The van der Waals surface area contributed by atoms with E-state index in [0.29, 0.717) is 12.0 Å². The molecule has 0 aromatic heterocycles. The summed E-state index contributed by atoms with van der Waals surface area (Å²) < 4.78 is 27.5. The third kappa shape index (κ3) is 3.22. The van der Waals surface area contributed by atoms with E-state index in [1.165, 1.54) is 0 Å². The predicted octanol–water partition coefficient (Wildman–Crippen LogP) is 1.78. The van der Waals surface area contributed by atoms with Gasteiger partial charge in [0.2, 0.25) is 0 Å². The van der Waals surface area contributed by atoms with Crippen LogP contribution in [0.4, 0.5) is 8.78 Å². The van der Waals surface area contributed by atoms with Gasteiger partial charge >= 0.3 is 5.92 Å². The van der Waals surface area contributed by atoms with Gasteiger partial charge in [0.15, 0.2) is 0 Å². The van der Waals surface area contributed by atoms with Crippen molar-refractivity contribution in [1.29, 1.82) is 0 Å². The van der Waals surface area contributed by atoms with Gasteiger partial charge in [0, 0.05) is 6.54 Å². The van der Waals surface area contributed by atoms with Crippen molar-refractivity contribution in [2.24, 2.45) is 0 Å². The van der Waals surface area contributed by atoms with Crippen molar-refractivity contribution in [3.05, 3.63) is 35.9 Å². The highest BCUT2D eigenvalue weighted by molar-refractivity contribution is 5.85. The fourth-order valence-electron chi connectivity index (χ4n) is 2.31. The molecular formula is C15H19F2NO3. The number of nitrogens with one attached hydrogen (secondary N) is 1. The number of hydrogen-bond donors (Lipinski definition) is 3. The van der Waals surface area contributed by atoms with Crippen LogP contribution in [0, 0.1) is 0 Å². The minimum Gasteiger partial charge on any atom is -0.388 e. The normalized spacial score (nSPS) is 18.7. The van der Waals surface area contributed by atoms with E-state index < -0.39 is 23.5 Å². The van der Waals surface area contributed by atoms with Gasteiger partial charge in [-0.05, 0) is 31.2 Å². The molecule has 4 nitrogen and oxygen atoms in total. The smallest absolute Gasteiger partial charge is 0.352 e. The SMILES string of the molecule is O=C(NCCC(O)c1ccccc1)C(F)(F)C1(O)CCC1. The first-order valence-corrected chi connectivity index (χ1v) is 6.98. The quantitative estimate of drug-likeness (QED) is 0.750. The topological polar surface area (TPSA) is 69.6 Å². The Morgan fingerprint density at radius 2 is 1.95 bits per heavy atom. The Morgan fingerprint density at radius 1 is 1.33 bits per heavy atom. The van der Waals surface area contributed by atoms with Crippen molar-refractivity contribution in [2.45, 2.75) is 43.3 Å². The Hall–Kier alpha value is -1.53. The van der Waals surface area contributed by atoms with Crippen LogP contribution in [-0.4, -0.2) is 34.2 Å². The average molecular weight is 299 g/mol. The molecule has 6 heteroatoms. The van der Waals surface area contributed by atoms with Crippen LogP contribution in [0.1, 0.15) is 37.4 Å². The minimum atomic E-state index is -3.79. The molecule has 0 aliphatic heterocycles. The van der Waals surface area contributed by atoms with Crippen LogP contribution in [0.2, 0.25) is 0 Å². The molecule has 1 saturated carbocycles. The van der Waals surface area contributed by atoms with E-state index in [2.05, 4.69) is 5.32 Å². The lowest BCUT2D eigenvalue weighted by Crippen LogP contribution is -2.60. The van der Waals surface area contributed by atoms with Gasteiger partial charge in [-0.2, -0.15) is 8.78 Å². The summed E-state index contributed by atoms with van der Waals surface area (Å²) in [5, 5.41) is 21.6. The van der Waals surface area contributed by atoms with Crippen molar-refractivity contribution in [1.82, 2.24) is 5.32 Å². The maximum absolute atomic E-state index is 13.8. The first-order valence-electron chi connectivity index (χ1n) is 6.98. The zero-order valence-corrected chi connectivity index (χ0v) is 11.6. The van der Waals surface area contributed by atoms with Crippen molar-refractivity contribution >= 4 is 5.91 Å². The predicted molar refractivity (Wildman–Crippen MR) is 72.8 cm³/mol. The molecular weight excluding hydrogens is 280 g/mol. The Morgan fingerprint density at radius 3 is 2.48 bits per heavy atom. The summed E-state index contributed by atoms with van der Waals surface area (Å²) in [5.74, 6) is -5.27. The lowest BCUT2D eigenvalue weighted by molar-refractivity contribution is -0.215. The van der Waals surface area contributed by atoms with Crippen LogP contribution >= 0.6 is 0 Å². The molecule has 1 aromatic rings. The number of rotatable bonds is 6. The van der Waals surface area contributed by atoms with Crippen LogP contribution < -0.4 is 5.32 Å². The molecule has 1 fully saturated rings. The molecule has 116 valence electrons. The summed E-state index contributed by atoms with van der Waals surface area (Å²) in [4.78, 5) is 11.5. The van der Waals surface area contributed by atoms with E-state index in [9.17, 15) is 23.8 Å². The number of carbonyl (C=O) groups excluding carboxylic acids is 1. The van der Waals surface area contributed by atoms with Gasteiger partial charge in [0.05, 0.1) is 6.10 Å². The Labute approximate surface area is 121 Å². The van der Waals surface area contributed by atoms with Crippen molar-refractivity contribution in [3.63, 3.8) is 0 Å². The van der Waals surface area contributed by atoms with Crippen LogP contribution in [0.5, 0.6) is 0 Å². The molecule has 0 heterocycles. The Bertz CT molecular complexity index is 489. The third-order valence-electron chi connectivity index (χ3n) is 3.94. The highest BCUT2D eigenvalue weighted by Crippen LogP contribution is 2.44. The molecule has 0 spiro atoms. The second kappa shape index (κ2) is 6.07. The summed E-state index contributed by atoms with van der Waals surface area (Å²) in [6.45, 7) is -0.0828. The van der Waals surface area contributed by atoms with Gasteiger partial charge in [0.1, 0.15) is 5.60 Å². The first kappa shape index (κ1) is 15.9. The molecule has 1 atom stereocenters. The molecule has 1 aromatic carbocycles. The zero-order valence-electron chi connectivity index (χ0n) is 11.6. The lowest BCUT2D eigenvalue weighted by Gasteiger charge is -2.41. The van der Waals surface area contributed by atoms with E-state index >= 15 is 0 Å². The number of halogens is 2. The molecule has 1 unspecified atom stereocenters. The Kier molecular flexibility index (Phi) is 4.58. The highest BCUT2D eigenvalue weighted by Gasteiger charge is 2.60. The summed E-state index contributed by atoms with van der Waals surface area (Å²) >= 11 is 0. The van der Waals surface area contributed by atoms with Crippen molar-refractivity contribution < 1.29 is 23.8 Å².